The average molecular weight is 254 g/mol. The van der Waals surface area contributed by atoms with Gasteiger partial charge in [-0.15, -0.1) is 0 Å². The fourth-order valence-corrected chi connectivity index (χ4v) is 1.51. The van der Waals surface area contributed by atoms with E-state index in [4.69, 9.17) is 9.84 Å². The van der Waals surface area contributed by atoms with Crippen molar-refractivity contribution in [2.45, 2.75) is 32.6 Å². The van der Waals surface area contributed by atoms with E-state index in [2.05, 4.69) is 11.7 Å². The number of ether oxygens (including phenoxy) is 2. The van der Waals surface area contributed by atoms with Crippen molar-refractivity contribution >= 4 is 6.16 Å². The van der Waals surface area contributed by atoms with Gasteiger partial charge in [0, 0.05) is 0 Å². The summed E-state index contributed by atoms with van der Waals surface area (Å²) in [6.07, 6.45) is 2.80. The van der Waals surface area contributed by atoms with Crippen LogP contribution in [0.1, 0.15) is 32.6 Å². The third-order valence-electron chi connectivity index (χ3n) is 2.41. The number of benzene rings is 1. The Bertz CT molecular complexity index is 389. The Kier molecular flexibility index (Phi) is 5.84. The Balaban J connectivity index is 2.52. The maximum atomic E-state index is 10.4. The molecule has 0 saturated heterocycles. The smallest absolute Gasteiger partial charge is 0.502 e. The van der Waals surface area contributed by atoms with E-state index < -0.39 is 6.16 Å². The van der Waals surface area contributed by atoms with Gasteiger partial charge in [0.05, 0.1) is 6.61 Å². The summed E-state index contributed by atoms with van der Waals surface area (Å²) in [5, 5.41) is 18.2. The largest absolute Gasteiger partial charge is 0.511 e. The standard InChI is InChI=1S/C13H18O5/c1-2-3-4-5-9-17-10-7-6-8-11(12(10)14)18-13(15)16/h6-8,14H,2-5,9H2,1H3,(H,15,16). The Hall–Kier alpha value is -1.91. The monoisotopic (exact) mass is 254 g/mol. The zero-order valence-corrected chi connectivity index (χ0v) is 10.4. The zero-order valence-electron chi connectivity index (χ0n) is 10.4. The minimum absolute atomic E-state index is 0.117. The zero-order chi connectivity index (χ0) is 13.4. The Labute approximate surface area is 106 Å². The van der Waals surface area contributed by atoms with Gasteiger partial charge in [-0.3, -0.25) is 0 Å². The SMILES string of the molecule is CCCCCCOc1cccc(OC(=O)O)c1O. The number of phenols is 1. The van der Waals surface area contributed by atoms with Crippen molar-refractivity contribution < 1.29 is 24.5 Å². The van der Waals surface area contributed by atoms with E-state index in [-0.39, 0.29) is 17.2 Å². The van der Waals surface area contributed by atoms with Crippen LogP contribution in [-0.4, -0.2) is 23.0 Å². The van der Waals surface area contributed by atoms with Gasteiger partial charge in [-0.25, -0.2) is 4.79 Å². The molecule has 0 aliphatic heterocycles. The lowest BCUT2D eigenvalue weighted by Crippen LogP contribution is -2.04. The van der Waals surface area contributed by atoms with Crippen LogP contribution in [0.15, 0.2) is 18.2 Å². The molecule has 5 nitrogen and oxygen atoms in total. The van der Waals surface area contributed by atoms with Gasteiger partial charge >= 0.3 is 6.16 Å². The number of unbranched alkanes of at least 4 members (excludes halogenated alkanes) is 3. The second-order valence-corrected chi connectivity index (χ2v) is 3.88. The molecule has 1 rings (SSSR count). The number of hydrogen-bond donors (Lipinski definition) is 2. The Morgan fingerprint density at radius 3 is 2.61 bits per heavy atom. The van der Waals surface area contributed by atoms with Gasteiger partial charge in [-0.2, -0.15) is 0 Å². The molecule has 0 atom stereocenters. The lowest BCUT2D eigenvalue weighted by atomic mass is 10.2. The fourth-order valence-electron chi connectivity index (χ4n) is 1.51. The molecule has 0 aliphatic carbocycles. The van der Waals surface area contributed by atoms with Gasteiger partial charge in [0.1, 0.15) is 0 Å². The van der Waals surface area contributed by atoms with Crippen molar-refractivity contribution in [1.29, 1.82) is 0 Å². The molecular formula is C13H18O5. The molecule has 0 bridgehead atoms. The highest BCUT2D eigenvalue weighted by Gasteiger charge is 2.11. The highest BCUT2D eigenvalue weighted by atomic mass is 16.7. The van der Waals surface area contributed by atoms with Gasteiger partial charge in [0.25, 0.3) is 0 Å². The van der Waals surface area contributed by atoms with E-state index in [1.54, 1.807) is 12.1 Å². The van der Waals surface area contributed by atoms with Gasteiger partial charge in [0.2, 0.25) is 5.75 Å². The third-order valence-corrected chi connectivity index (χ3v) is 2.41. The molecule has 0 unspecified atom stereocenters. The quantitative estimate of drug-likeness (QED) is 0.443. The average Bonchev–Trinajstić information content (AvgIpc) is 2.33. The van der Waals surface area contributed by atoms with Crippen molar-refractivity contribution in [3.8, 4) is 17.2 Å². The molecule has 0 saturated carbocycles. The molecule has 0 heterocycles. The Morgan fingerprint density at radius 2 is 1.94 bits per heavy atom. The summed E-state index contributed by atoms with van der Waals surface area (Å²) < 4.78 is 9.80. The predicted molar refractivity (Wildman–Crippen MR) is 66.4 cm³/mol. The molecule has 5 heteroatoms. The van der Waals surface area contributed by atoms with E-state index in [1.165, 1.54) is 6.07 Å². The van der Waals surface area contributed by atoms with Crippen LogP contribution in [0.25, 0.3) is 0 Å². The van der Waals surface area contributed by atoms with Crippen LogP contribution >= 0.6 is 0 Å². The molecule has 18 heavy (non-hydrogen) atoms. The lowest BCUT2D eigenvalue weighted by molar-refractivity contribution is 0.142. The first-order valence-electron chi connectivity index (χ1n) is 6.00. The first-order chi connectivity index (χ1) is 8.65. The molecule has 0 spiro atoms. The highest BCUT2D eigenvalue weighted by molar-refractivity contribution is 5.64. The molecule has 0 aliphatic rings. The van der Waals surface area contributed by atoms with Crippen LogP contribution in [0.4, 0.5) is 4.79 Å². The van der Waals surface area contributed by atoms with Crippen molar-refractivity contribution in [1.82, 2.24) is 0 Å². The molecule has 1 aromatic carbocycles. The molecule has 100 valence electrons. The predicted octanol–water partition coefficient (Wildman–Crippen LogP) is 3.41. The van der Waals surface area contributed by atoms with Crippen molar-refractivity contribution in [2.75, 3.05) is 6.61 Å². The van der Waals surface area contributed by atoms with E-state index >= 15 is 0 Å². The maximum absolute atomic E-state index is 10.4. The number of carbonyl (C=O) groups is 1. The van der Waals surface area contributed by atoms with Gasteiger partial charge < -0.3 is 19.7 Å². The summed E-state index contributed by atoms with van der Waals surface area (Å²) in [6.45, 7) is 2.61. The summed E-state index contributed by atoms with van der Waals surface area (Å²) in [4.78, 5) is 10.4. The van der Waals surface area contributed by atoms with Crippen LogP contribution in [0.2, 0.25) is 0 Å². The molecule has 2 N–H and O–H groups in total. The van der Waals surface area contributed by atoms with Crippen LogP contribution in [-0.2, 0) is 0 Å². The first kappa shape index (κ1) is 14.2. The Morgan fingerprint density at radius 1 is 1.22 bits per heavy atom. The fraction of sp³-hybridized carbons (Fsp3) is 0.462. The van der Waals surface area contributed by atoms with E-state index in [9.17, 15) is 9.90 Å². The molecule has 0 aromatic heterocycles. The number of para-hydroxylation sites is 1. The summed E-state index contributed by atoms with van der Waals surface area (Å²) in [5.74, 6) is -0.158. The molecular weight excluding hydrogens is 236 g/mol. The van der Waals surface area contributed by atoms with Crippen LogP contribution in [0, 0.1) is 0 Å². The van der Waals surface area contributed by atoms with Crippen molar-refractivity contribution in [3.63, 3.8) is 0 Å². The maximum Gasteiger partial charge on any atom is 0.511 e. The number of hydrogen-bond acceptors (Lipinski definition) is 4. The number of aromatic hydroxyl groups is 1. The molecule has 0 amide bonds. The minimum atomic E-state index is -1.47. The summed E-state index contributed by atoms with van der Waals surface area (Å²) in [5.41, 5.74) is 0. The van der Waals surface area contributed by atoms with Crippen LogP contribution < -0.4 is 9.47 Å². The van der Waals surface area contributed by atoms with E-state index in [1.807, 2.05) is 0 Å². The summed E-state index contributed by atoms with van der Waals surface area (Å²) in [6, 6.07) is 4.51. The second kappa shape index (κ2) is 7.42. The van der Waals surface area contributed by atoms with Gasteiger partial charge in [-0.1, -0.05) is 32.3 Å². The topological polar surface area (TPSA) is 76.0 Å². The normalized spacial score (nSPS) is 10.1. The van der Waals surface area contributed by atoms with E-state index in [0.717, 1.165) is 25.7 Å². The number of rotatable bonds is 7. The van der Waals surface area contributed by atoms with Gasteiger partial charge in [0.15, 0.2) is 11.5 Å². The lowest BCUT2D eigenvalue weighted by Gasteiger charge is -2.10. The molecule has 0 fully saturated rings. The highest BCUT2D eigenvalue weighted by Crippen LogP contribution is 2.35. The minimum Gasteiger partial charge on any atom is -0.502 e. The molecule has 1 aromatic rings. The summed E-state index contributed by atoms with van der Waals surface area (Å²) >= 11 is 0. The second-order valence-electron chi connectivity index (χ2n) is 3.88. The summed E-state index contributed by atoms with van der Waals surface area (Å²) in [7, 11) is 0. The number of phenolic OH excluding ortho intramolecular Hbond substituents is 1. The first-order valence-corrected chi connectivity index (χ1v) is 6.00. The van der Waals surface area contributed by atoms with Crippen molar-refractivity contribution in [3.05, 3.63) is 18.2 Å². The third kappa shape index (κ3) is 4.53. The van der Waals surface area contributed by atoms with Gasteiger partial charge in [-0.05, 0) is 18.6 Å². The number of carboxylic acid groups (broad SMARTS) is 1. The van der Waals surface area contributed by atoms with E-state index in [0.29, 0.717) is 6.61 Å². The molecule has 0 radical (unpaired) electrons. The van der Waals surface area contributed by atoms with Crippen LogP contribution in [0.3, 0.4) is 0 Å². The van der Waals surface area contributed by atoms with Crippen LogP contribution in [0.5, 0.6) is 17.2 Å². The van der Waals surface area contributed by atoms with Crippen molar-refractivity contribution in [2.24, 2.45) is 0 Å².